The fraction of sp³-hybridized carbons (Fsp3) is 1.00. The number of nitrogens with zero attached hydrogens (tertiary/aromatic N) is 1. The Morgan fingerprint density at radius 3 is 2.31 bits per heavy atom. The van der Waals surface area contributed by atoms with Crippen LogP contribution in [-0.2, 0) is 0 Å². The van der Waals surface area contributed by atoms with Gasteiger partial charge in [-0.15, -0.1) is 0 Å². The Balaban J connectivity index is 2.25. The number of aliphatic hydroxyl groups is 1. The summed E-state index contributed by atoms with van der Waals surface area (Å²) in [6.07, 6.45) is 7.11. The van der Waals surface area contributed by atoms with Crippen LogP contribution in [0.15, 0.2) is 0 Å². The standard InChI is InChI=1S/C14H29NO/c1-12(2)14(11-16)10-15(3)9-13-7-5-4-6-8-13/h12-14,16H,4-11H2,1-3H3. The van der Waals surface area contributed by atoms with Crippen LogP contribution in [0.2, 0.25) is 0 Å². The number of rotatable bonds is 6. The van der Waals surface area contributed by atoms with E-state index >= 15 is 0 Å². The highest BCUT2D eigenvalue weighted by atomic mass is 16.3. The number of aliphatic hydroxyl groups excluding tert-OH is 1. The minimum absolute atomic E-state index is 0.326. The zero-order valence-corrected chi connectivity index (χ0v) is 11.3. The zero-order chi connectivity index (χ0) is 12.0. The Morgan fingerprint density at radius 2 is 1.81 bits per heavy atom. The molecule has 1 atom stereocenters. The third kappa shape index (κ3) is 4.84. The van der Waals surface area contributed by atoms with Gasteiger partial charge in [0.05, 0.1) is 0 Å². The van der Waals surface area contributed by atoms with Crippen molar-refractivity contribution in [1.29, 1.82) is 0 Å². The van der Waals surface area contributed by atoms with E-state index in [4.69, 9.17) is 0 Å². The van der Waals surface area contributed by atoms with Crippen molar-refractivity contribution in [1.82, 2.24) is 4.90 Å². The predicted molar refractivity (Wildman–Crippen MR) is 69.5 cm³/mol. The Kier molecular flexibility index (Phi) is 6.37. The van der Waals surface area contributed by atoms with Crippen LogP contribution in [0, 0.1) is 17.8 Å². The van der Waals surface area contributed by atoms with Crippen LogP contribution in [0.1, 0.15) is 46.0 Å². The lowest BCUT2D eigenvalue weighted by atomic mass is 9.88. The first-order chi connectivity index (χ1) is 7.63. The van der Waals surface area contributed by atoms with Crippen LogP contribution in [0.25, 0.3) is 0 Å². The van der Waals surface area contributed by atoms with Gasteiger partial charge in [-0.1, -0.05) is 33.1 Å². The lowest BCUT2D eigenvalue weighted by Gasteiger charge is -2.30. The highest BCUT2D eigenvalue weighted by molar-refractivity contribution is 4.72. The number of hydrogen-bond acceptors (Lipinski definition) is 2. The molecule has 2 nitrogen and oxygen atoms in total. The summed E-state index contributed by atoms with van der Waals surface area (Å²) in [4.78, 5) is 2.43. The average molecular weight is 227 g/mol. The number of hydrogen-bond donors (Lipinski definition) is 1. The van der Waals surface area contributed by atoms with E-state index in [-0.39, 0.29) is 0 Å². The molecule has 0 aliphatic heterocycles. The van der Waals surface area contributed by atoms with Crippen LogP contribution in [0.5, 0.6) is 0 Å². The molecule has 1 N–H and O–H groups in total. The summed E-state index contributed by atoms with van der Waals surface area (Å²) in [5.74, 6) is 1.93. The third-order valence-corrected chi connectivity index (χ3v) is 4.02. The monoisotopic (exact) mass is 227 g/mol. The van der Waals surface area contributed by atoms with Gasteiger partial charge in [-0.3, -0.25) is 0 Å². The molecule has 0 aromatic heterocycles. The van der Waals surface area contributed by atoms with Crippen LogP contribution in [-0.4, -0.2) is 36.8 Å². The molecule has 1 fully saturated rings. The Labute approximate surface area is 101 Å². The zero-order valence-electron chi connectivity index (χ0n) is 11.3. The van der Waals surface area contributed by atoms with Crippen molar-refractivity contribution < 1.29 is 5.11 Å². The van der Waals surface area contributed by atoms with Gasteiger partial charge in [-0.05, 0) is 37.6 Å². The molecular weight excluding hydrogens is 198 g/mol. The first kappa shape index (κ1) is 14.0. The smallest absolute Gasteiger partial charge is 0.0473 e. The predicted octanol–water partition coefficient (Wildman–Crippen LogP) is 2.76. The van der Waals surface area contributed by atoms with E-state index in [2.05, 4.69) is 25.8 Å². The summed E-state index contributed by atoms with van der Waals surface area (Å²) < 4.78 is 0. The summed E-state index contributed by atoms with van der Waals surface area (Å²) in [7, 11) is 2.21. The molecule has 0 radical (unpaired) electrons. The molecule has 16 heavy (non-hydrogen) atoms. The molecule has 0 bridgehead atoms. The Hall–Kier alpha value is -0.0800. The quantitative estimate of drug-likeness (QED) is 0.754. The molecule has 0 aromatic carbocycles. The second kappa shape index (κ2) is 7.29. The lowest BCUT2D eigenvalue weighted by molar-refractivity contribution is 0.131. The topological polar surface area (TPSA) is 23.5 Å². The molecule has 2 heteroatoms. The van der Waals surface area contributed by atoms with Crippen molar-refractivity contribution >= 4 is 0 Å². The third-order valence-electron chi connectivity index (χ3n) is 4.02. The molecular formula is C14H29NO. The molecule has 0 aromatic rings. The van der Waals surface area contributed by atoms with Crippen LogP contribution in [0.4, 0.5) is 0 Å². The molecule has 0 spiro atoms. The molecule has 1 rings (SSSR count). The first-order valence-electron chi connectivity index (χ1n) is 6.93. The fourth-order valence-electron chi connectivity index (χ4n) is 2.76. The van der Waals surface area contributed by atoms with Crippen molar-refractivity contribution in [2.45, 2.75) is 46.0 Å². The minimum Gasteiger partial charge on any atom is -0.396 e. The summed E-state index contributed by atoms with van der Waals surface area (Å²) in [6, 6.07) is 0. The van der Waals surface area contributed by atoms with Gasteiger partial charge in [0.15, 0.2) is 0 Å². The average Bonchev–Trinajstić information content (AvgIpc) is 2.27. The summed E-state index contributed by atoms with van der Waals surface area (Å²) in [5, 5.41) is 9.32. The second-order valence-corrected chi connectivity index (χ2v) is 5.91. The highest BCUT2D eigenvalue weighted by Gasteiger charge is 2.19. The van der Waals surface area contributed by atoms with Crippen molar-refractivity contribution in [3.63, 3.8) is 0 Å². The maximum absolute atomic E-state index is 9.32. The van der Waals surface area contributed by atoms with Gasteiger partial charge >= 0.3 is 0 Å². The van der Waals surface area contributed by atoms with E-state index in [1.165, 1.54) is 38.6 Å². The second-order valence-electron chi connectivity index (χ2n) is 5.91. The van der Waals surface area contributed by atoms with Gasteiger partial charge in [-0.25, -0.2) is 0 Å². The molecule has 1 unspecified atom stereocenters. The minimum atomic E-state index is 0.326. The Morgan fingerprint density at radius 1 is 1.19 bits per heavy atom. The summed E-state index contributed by atoms with van der Waals surface area (Å²) in [5.41, 5.74) is 0. The normalized spacial score (nSPS) is 20.6. The molecule has 96 valence electrons. The SMILES string of the molecule is CC(C)C(CO)CN(C)CC1CCCCC1. The van der Waals surface area contributed by atoms with Crippen LogP contribution in [0.3, 0.4) is 0 Å². The summed E-state index contributed by atoms with van der Waals surface area (Å²) >= 11 is 0. The molecule has 1 aliphatic carbocycles. The maximum Gasteiger partial charge on any atom is 0.0473 e. The molecule has 1 saturated carbocycles. The van der Waals surface area contributed by atoms with E-state index in [9.17, 15) is 5.11 Å². The van der Waals surface area contributed by atoms with E-state index < -0.39 is 0 Å². The van der Waals surface area contributed by atoms with E-state index in [0.29, 0.717) is 18.4 Å². The van der Waals surface area contributed by atoms with E-state index in [1.54, 1.807) is 0 Å². The van der Waals surface area contributed by atoms with E-state index in [1.807, 2.05) is 0 Å². The fourth-order valence-corrected chi connectivity index (χ4v) is 2.76. The molecule has 0 heterocycles. The highest BCUT2D eigenvalue weighted by Crippen LogP contribution is 2.24. The van der Waals surface area contributed by atoms with Crippen molar-refractivity contribution in [3.8, 4) is 0 Å². The molecule has 0 saturated heterocycles. The molecule has 0 amide bonds. The van der Waals surface area contributed by atoms with Crippen LogP contribution < -0.4 is 0 Å². The lowest BCUT2D eigenvalue weighted by Crippen LogP contribution is -2.34. The van der Waals surface area contributed by atoms with Gasteiger partial charge < -0.3 is 10.0 Å². The van der Waals surface area contributed by atoms with Crippen molar-refractivity contribution in [3.05, 3.63) is 0 Å². The Bertz CT molecular complexity index is 176. The first-order valence-corrected chi connectivity index (χ1v) is 6.93. The molecule has 1 aliphatic rings. The van der Waals surface area contributed by atoms with Gasteiger partial charge in [0, 0.05) is 19.7 Å². The van der Waals surface area contributed by atoms with Crippen molar-refractivity contribution in [2.24, 2.45) is 17.8 Å². The van der Waals surface area contributed by atoms with Gasteiger partial charge in [0.1, 0.15) is 0 Å². The largest absolute Gasteiger partial charge is 0.396 e. The van der Waals surface area contributed by atoms with Crippen molar-refractivity contribution in [2.75, 3.05) is 26.7 Å². The van der Waals surface area contributed by atoms with E-state index in [0.717, 1.165) is 12.5 Å². The van der Waals surface area contributed by atoms with Gasteiger partial charge in [0.2, 0.25) is 0 Å². The van der Waals surface area contributed by atoms with Crippen LogP contribution >= 0.6 is 0 Å². The van der Waals surface area contributed by atoms with Gasteiger partial charge in [0.25, 0.3) is 0 Å². The van der Waals surface area contributed by atoms with Gasteiger partial charge in [-0.2, -0.15) is 0 Å². The maximum atomic E-state index is 9.32. The summed E-state index contributed by atoms with van der Waals surface area (Å²) in [6.45, 7) is 7.01.